The van der Waals surface area contributed by atoms with Gasteiger partial charge in [0.2, 0.25) is 0 Å². The Morgan fingerprint density at radius 3 is 2.24 bits per heavy atom. The van der Waals surface area contributed by atoms with Gasteiger partial charge in [-0.15, -0.1) is 0 Å². The fourth-order valence-corrected chi connectivity index (χ4v) is 4.09. The lowest BCUT2D eigenvalue weighted by molar-refractivity contribution is -0.297. The number of anilines is 3. The number of carbonyl (C=O) groups excluding carboxylic acids is 1. The number of carbonyl (C=O) groups is 1. The molecular formula is C24H19N4O4S-. The lowest BCUT2D eigenvalue weighted by atomic mass is 10.2. The molecule has 0 saturated carbocycles. The Balaban J connectivity index is 1.73. The number of sulfonamides is 1. The minimum atomic E-state index is -3.92. The molecule has 0 spiro atoms. The molecule has 1 aromatic heterocycles. The molecule has 4 rings (SSSR count). The van der Waals surface area contributed by atoms with Gasteiger partial charge in [0, 0.05) is 5.69 Å². The number of fused-ring (bicyclic) bond motifs is 1. The fourth-order valence-electron chi connectivity index (χ4n) is 3.08. The van der Waals surface area contributed by atoms with Gasteiger partial charge >= 0.3 is 0 Å². The molecule has 0 saturated heterocycles. The van der Waals surface area contributed by atoms with Crippen LogP contribution < -0.4 is 15.1 Å². The monoisotopic (exact) mass is 459 g/mol. The van der Waals surface area contributed by atoms with Crippen LogP contribution in [0.15, 0.2) is 83.8 Å². The molecule has 4 aromatic rings. The van der Waals surface area contributed by atoms with Crippen LogP contribution in [0.3, 0.4) is 0 Å². The lowest BCUT2D eigenvalue weighted by Gasteiger charge is -2.14. The van der Waals surface area contributed by atoms with Gasteiger partial charge in [0.1, 0.15) is 0 Å². The number of carboxylic acid groups (broad SMARTS) is 1. The maximum Gasteiger partial charge on any atom is 0.263 e. The number of para-hydroxylation sites is 2. The van der Waals surface area contributed by atoms with Crippen molar-refractivity contribution in [2.45, 2.75) is 11.8 Å². The second-order valence-corrected chi connectivity index (χ2v) is 8.91. The number of hydrogen-bond donors (Lipinski definition) is 2. The smallest absolute Gasteiger partial charge is 0.263 e. The van der Waals surface area contributed by atoms with Crippen molar-refractivity contribution in [1.29, 1.82) is 0 Å². The Kier molecular flexibility index (Phi) is 6.05. The summed E-state index contributed by atoms with van der Waals surface area (Å²) in [4.78, 5) is 19.8. The molecule has 1 heterocycles. The van der Waals surface area contributed by atoms with Gasteiger partial charge in [0.15, 0.2) is 11.6 Å². The average Bonchev–Trinajstić information content (AvgIpc) is 2.78. The van der Waals surface area contributed by atoms with Crippen molar-refractivity contribution in [1.82, 2.24) is 9.97 Å². The summed E-state index contributed by atoms with van der Waals surface area (Å²) in [6.45, 7) is 1.87. The molecule has 2 N–H and O–H groups in total. The van der Waals surface area contributed by atoms with Crippen LogP contribution in [0.1, 0.15) is 11.1 Å². The molecule has 0 aliphatic heterocycles. The summed E-state index contributed by atoms with van der Waals surface area (Å²) in [5, 5.41) is 13.8. The van der Waals surface area contributed by atoms with Crippen molar-refractivity contribution < 1.29 is 18.3 Å². The fraction of sp³-hybridized carbons (Fsp3) is 0.0417. The summed E-state index contributed by atoms with van der Waals surface area (Å²) in [6.07, 6.45) is 2.32. The second-order valence-electron chi connectivity index (χ2n) is 7.23. The van der Waals surface area contributed by atoms with E-state index in [-0.39, 0.29) is 16.5 Å². The average molecular weight is 460 g/mol. The third kappa shape index (κ3) is 5.34. The van der Waals surface area contributed by atoms with Crippen LogP contribution in [0.2, 0.25) is 0 Å². The Morgan fingerprint density at radius 1 is 0.909 bits per heavy atom. The molecule has 166 valence electrons. The highest BCUT2D eigenvalue weighted by atomic mass is 32.2. The van der Waals surface area contributed by atoms with Crippen LogP contribution in [-0.2, 0) is 14.8 Å². The molecule has 0 radical (unpaired) electrons. The Hall–Kier alpha value is -4.24. The zero-order valence-electron chi connectivity index (χ0n) is 17.5. The molecule has 3 aromatic carbocycles. The topological polar surface area (TPSA) is 124 Å². The molecule has 0 aliphatic rings. The number of carboxylic acids is 1. The van der Waals surface area contributed by atoms with E-state index in [1.54, 1.807) is 54.6 Å². The predicted octanol–water partition coefficient (Wildman–Crippen LogP) is 3.25. The lowest BCUT2D eigenvalue weighted by Crippen LogP contribution is -2.18. The van der Waals surface area contributed by atoms with E-state index >= 15 is 0 Å². The van der Waals surface area contributed by atoms with E-state index in [1.165, 1.54) is 18.2 Å². The van der Waals surface area contributed by atoms with Gasteiger partial charge in [-0.25, -0.2) is 18.4 Å². The number of nitrogens with one attached hydrogen (secondary N) is 2. The van der Waals surface area contributed by atoms with E-state index in [0.29, 0.717) is 22.3 Å². The van der Waals surface area contributed by atoms with E-state index in [4.69, 9.17) is 0 Å². The normalized spacial score (nSPS) is 11.5. The van der Waals surface area contributed by atoms with E-state index in [0.717, 1.165) is 11.6 Å². The van der Waals surface area contributed by atoms with Gasteiger partial charge in [-0.2, -0.15) is 0 Å². The molecule has 0 unspecified atom stereocenters. The number of hydrogen-bond acceptors (Lipinski definition) is 7. The first-order valence-electron chi connectivity index (χ1n) is 9.93. The number of aromatic nitrogens is 2. The highest BCUT2D eigenvalue weighted by molar-refractivity contribution is 7.92. The van der Waals surface area contributed by atoms with E-state index < -0.39 is 16.0 Å². The van der Waals surface area contributed by atoms with Gasteiger partial charge in [-0.3, -0.25) is 4.72 Å². The molecule has 0 fully saturated rings. The van der Waals surface area contributed by atoms with Crippen molar-refractivity contribution >= 4 is 50.4 Å². The molecule has 0 bridgehead atoms. The Labute approximate surface area is 190 Å². The molecule has 33 heavy (non-hydrogen) atoms. The first-order chi connectivity index (χ1) is 15.8. The van der Waals surface area contributed by atoms with E-state index in [9.17, 15) is 18.3 Å². The number of rotatable bonds is 7. The van der Waals surface area contributed by atoms with Crippen molar-refractivity contribution in [3.8, 4) is 0 Å². The zero-order chi connectivity index (χ0) is 23.4. The standard InChI is InChI=1S/C24H20N4O4S/c1-16-9-12-19(13-10-16)33(31,32)28-24-23(26-20-7-2-3-8-21(20)27-24)25-18-6-4-5-17(15-18)11-14-22(29)30/h2-15H,1H3,(H,25,26)(H,27,28)(H,29,30)/p-1/b14-11+. The van der Waals surface area contributed by atoms with Crippen LogP contribution in [0.5, 0.6) is 0 Å². The second kappa shape index (κ2) is 9.09. The number of aryl methyl sites for hydroxylation is 1. The van der Waals surface area contributed by atoms with Crippen molar-refractivity contribution in [3.63, 3.8) is 0 Å². The third-order valence-electron chi connectivity index (χ3n) is 4.69. The van der Waals surface area contributed by atoms with Crippen molar-refractivity contribution in [2.24, 2.45) is 0 Å². The van der Waals surface area contributed by atoms with Crippen molar-refractivity contribution in [2.75, 3.05) is 10.0 Å². The third-order valence-corrected chi connectivity index (χ3v) is 6.05. The van der Waals surface area contributed by atoms with Crippen LogP contribution >= 0.6 is 0 Å². The summed E-state index contributed by atoms with van der Waals surface area (Å²) in [7, 11) is -3.92. The van der Waals surface area contributed by atoms with Gasteiger partial charge in [-0.1, -0.05) is 48.0 Å². The SMILES string of the molecule is Cc1ccc(S(=O)(=O)Nc2nc3ccccc3nc2Nc2cccc(/C=C/C(=O)[O-])c2)cc1. The highest BCUT2D eigenvalue weighted by Crippen LogP contribution is 2.27. The van der Waals surface area contributed by atoms with Gasteiger partial charge in [0.25, 0.3) is 10.0 Å². The molecule has 9 heteroatoms. The maximum absolute atomic E-state index is 13.0. The molecule has 0 aliphatic carbocycles. The summed E-state index contributed by atoms with van der Waals surface area (Å²) >= 11 is 0. The van der Waals surface area contributed by atoms with Crippen LogP contribution in [0, 0.1) is 6.92 Å². The zero-order valence-corrected chi connectivity index (χ0v) is 18.3. The van der Waals surface area contributed by atoms with E-state index in [2.05, 4.69) is 20.0 Å². The summed E-state index contributed by atoms with van der Waals surface area (Å²) < 4.78 is 28.5. The Morgan fingerprint density at radius 2 is 1.58 bits per heavy atom. The molecule has 8 nitrogen and oxygen atoms in total. The van der Waals surface area contributed by atoms with Gasteiger partial charge < -0.3 is 15.2 Å². The largest absolute Gasteiger partial charge is 0.545 e. The number of aliphatic carboxylic acids is 1. The molecule has 0 atom stereocenters. The minimum Gasteiger partial charge on any atom is -0.545 e. The van der Waals surface area contributed by atoms with Gasteiger partial charge in [-0.05, 0) is 55.0 Å². The number of nitrogens with zero attached hydrogens (tertiary/aromatic N) is 2. The quantitative estimate of drug-likeness (QED) is 0.407. The van der Waals surface area contributed by atoms with Crippen LogP contribution in [-0.4, -0.2) is 24.4 Å². The highest BCUT2D eigenvalue weighted by Gasteiger charge is 2.19. The Bertz CT molecular complexity index is 1470. The van der Waals surface area contributed by atoms with Crippen molar-refractivity contribution in [3.05, 3.63) is 90.0 Å². The summed E-state index contributed by atoms with van der Waals surface area (Å²) in [5.41, 5.74) is 3.21. The van der Waals surface area contributed by atoms with Gasteiger partial charge in [0.05, 0.1) is 21.9 Å². The number of benzene rings is 3. The van der Waals surface area contributed by atoms with E-state index in [1.807, 2.05) is 13.0 Å². The summed E-state index contributed by atoms with van der Waals surface area (Å²) in [6, 6.07) is 20.4. The van der Waals surface area contributed by atoms with Crippen LogP contribution in [0.25, 0.3) is 17.1 Å². The first-order valence-corrected chi connectivity index (χ1v) is 11.4. The molecular weight excluding hydrogens is 440 g/mol. The summed E-state index contributed by atoms with van der Waals surface area (Å²) in [5.74, 6) is -1.07. The minimum absolute atomic E-state index is 0.0324. The maximum atomic E-state index is 13.0. The predicted molar refractivity (Wildman–Crippen MR) is 125 cm³/mol. The first kappa shape index (κ1) is 22.0. The van der Waals surface area contributed by atoms with Crippen LogP contribution in [0.4, 0.5) is 17.3 Å². The molecule has 0 amide bonds.